The number of nitro benzene ring substituents is 1. The Bertz CT molecular complexity index is 558. The lowest BCUT2D eigenvalue weighted by Crippen LogP contribution is -2.12. The number of hydrogen-bond donors (Lipinski definition) is 1. The molecule has 0 spiro atoms. The highest BCUT2D eigenvalue weighted by Crippen LogP contribution is 2.27. The van der Waals surface area contributed by atoms with Crippen molar-refractivity contribution >= 4 is 17.3 Å². The third-order valence-electron chi connectivity index (χ3n) is 4.61. The fourth-order valence-electron chi connectivity index (χ4n) is 3.02. The van der Waals surface area contributed by atoms with Gasteiger partial charge in [0.2, 0.25) is 5.91 Å². The SMILES string of the molecule is CCCCCCCC(=O)Nc1ccc(CCCCCCC)cc1[N+](=O)[O-]. The van der Waals surface area contributed by atoms with Crippen LogP contribution in [0, 0.1) is 10.1 Å². The molecule has 0 atom stereocenters. The lowest BCUT2D eigenvalue weighted by atomic mass is 10.0. The number of anilines is 1. The van der Waals surface area contributed by atoms with Gasteiger partial charge < -0.3 is 5.32 Å². The summed E-state index contributed by atoms with van der Waals surface area (Å²) in [7, 11) is 0. The minimum Gasteiger partial charge on any atom is -0.320 e. The van der Waals surface area contributed by atoms with Crippen molar-refractivity contribution in [3.63, 3.8) is 0 Å². The summed E-state index contributed by atoms with van der Waals surface area (Å²) in [6.07, 6.45) is 12.5. The molecule has 0 aromatic heterocycles. The monoisotopic (exact) mass is 362 g/mol. The Labute approximate surface area is 157 Å². The van der Waals surface area contributed by atoms with Gasteiger partial charge >= 0.3 is 0 Å². The van der Waals surface area contributed by atoms with Crippen LogP contribution in [0.4, 0.5) is 11.4 Å². The van der Waals surface area contributed by atoms with Crippen LogP contribution in [-0.4, -0.2) is 10.8 Å². The lowest BCUT2D eigenvalue weighted by Gasteiger charge is -2.08. The number of hydrogen-bond acceptors (Lipinski definition) is 3. The van der Waals surface area contributed by atoms with Gasteiger partial charge in [0.25, 0.3) is 5.69 Å². The van der Waals surface area contributed by atoms with Gasteiger partial charge in [-0.25, -0.2) is 0 Å². The Morgan fingerprint density at radius 3 is 2.19 bits per heavy atom. The minimum absolute atomic E-state index is 0.00427. The second kappa shape index (κ2) is 13.3. The zero-order chi connectivity index (χ0) is 19.2. The average Bonchev–Trinajstić information content (AvgIpc) is 2.62. The summed E-state index contributed by atoms with van der Waals surface area (Å²) < 4.78 is 0. The molecule has 0 aliphatic carbocycles. The first-order valence-electron chi connectivity index (χ1n) is 10.2. The molecule has 0 heterocycles. The maximum Gasteiger partial charge on any atom is 0.293 e. The zero-order valence-electron chi connectivity index (χ0n) is 16.4. The van der Waals surface area contributed by atoms with E-state index in [1.54, 1.807) is 12.1 Å². The molecule has 0 saturated carbocycles. The molecule has 1 rings (SSSR count). The molecule has 1 amide bonds. The quantitative estimate of drug-likeness (QED) is 0.236. The molecular formula is C21H34N2O3. The normalized spacial score (nSPS) is 10.7. The van der Waals surface area contributed by atoms with Gasteiger partial charge in [-0.2, -0.15) is 0 Å². The van der Waals surface area contributed by atoms with E-state index in [-0.39, 0.29) is 11.6 Å². The zero-order valence-corrected chi connectivity index (χ0v) is 16.4. The molecular weight excluding hydrogens is 328 g/mol. The van der Waals surface area contributed by atoms with Crippen molar-refractivity contribution in [1.29, 1.82) is 0 Å². The highest BCUT2D eigenvalue weighted by atomic mass is 16.6. The Hall–Kier alpha value is -1.91. The molecule has 1 aromatic carbocycles. The van der Waals surface area contributed by atoms with Gasteiger partial charge in [0, 0.05) is 12.5 Å². The van der Waals surface area contributed by atoms with Gasteiger partial charge in [0.05, 0.1) is 4.92 Å². The first kappa shape index (κ1) is 22.1. The molecule has 0 fully saturated rings. The first-order valence-corrected chi connectivity index (χ1v) is 10.2. The van der Waals surface area contributed by atoms with Crippen molar-refractivity contribution in [2.24, 2.45) is 0 Å². The van der Waals surface area contributed by atoms with Crippen molar-refractivity contribution in [3.05, 3.63) is 33.9 Å². The van der Waals surface area contributed by atoms with Gasteiger partial charge in [0.1, 0.15) is 5.69 Å². The van der Waals surface area contributed by atoms with Gasteiger partial charge in [-0.05, 0) is 30.9 Å². The molecule has 5 heteroatoms. The Morgan fingerprint density at radius 2 is 1.58 bits per heavy atom. The average molecular weight is 363 g/mol. The van der Waals surface area contributed by atoms with E-state index in [9.17, 15) is 14.9 Å². The summed E-state index contributed by atoms with van der Waals surface area (Å²) >= 11 is 0. The number of carbonyl (C=O) groups excluding carboxylic acids is 1. The van der Waals surface area contributed by atoms with E-state index in [1.807, 2.05) is 6.07 Å². The molecule has 0 bridgehead atoms. The van der Waals surface area contributed by atoms with Crippen LogP contribution in [0.25, 0.3) is 0 Å². The second-order valence-corrected chi connectivity index (χ2v) is 6.99. The topological polar surface area (TPSA) is 72.2 Å². The molecule has 0 unspecified atom stereocenters. The number of rotatable bonds is 14. The minimum atomic E-state index is -0.405. The van der Waals surface area contributed by atoms with E-state index in [4.69, 9.17) is 0 Å². The third-order valence-corrected chi connectivity index (χ3v) is 4.61. The Balaban J connectivity index is 2.54. The van der Waals surface area contributed by atoms with Gasteiger partial charge in [-0.1, -0.05) is 71.3 Å². The summed E-state index contributed by atoms with van der Waals surface area (Å²) in [6, 6.07) is 5.18. The summed E-state index contributed by atoms with van der Waals surface area (Å²) in [4.78, 5) is 23.0. The van der Waals surface area contributed by atoms with Crippen LogP contribution in [0.2, 0.25) is 0 Å². The smallest absolute Gasteiger partial charge is 0.293 e. The van der Waals surface area contributed by atoms with Crippen molar-refractivity contribution in [2.45, 2.75) is 90.9 Å². The number of nitrogens with zero attached hydrogens (tertiary/aromatic N) is 1. The largest absolute Gasteiger partial charge is 0.320 e. The summed E-state index contributed by atoms with van der Waals surface area (Å²) in [5.41, 5.74) is 1.27. The number of benzene rings is 1. The van der Waals surface area contributed by atoms with Crippen LogP contribution < -0.4 is 5.32 Å². The molecule has 0 aliphatic rings. The number of amides is 1. The van der Waals surface area contributed by atoms with Crippen molar-refractivity contribution in [1.82, 2.24) is 0 Å². The maximum absolute atomic E-state index is 12.0. The molecule has 1 N–H and O–H groups in total. The highest BCUT2D eigenvalue weighted by Gasteiger charge is 2.16. The standard InChI is InChI=1S/C21H34N2O3/c1-3-5-7-9-11-13-18-15-16-19(20(17-18)23(25)26)22-21(24)14-12-10-8-6-4-2/h15-17H,3-14H2,1-2H3,(H,22,24). The van der Waals surface area contributed by atoms with Crippen molar-refractivity contribution < 1.29 is 9.72 Å². The number of unbranched alkanes of at least 4 members (excludes halogenated alkanes) is 8. The van der Waals surface area contributed by atoms with Crippen LogP contribution >= 0.6 is 0 Å². The fraction of sp³-hybridized carbons (Fsp3) is 0.667. The maximum atomic E-state index is 12.0. The number of aryl methyl sites for hydroxylation is 1. The van der Waals surface area contributed by atoms with Crippen LogP contribution in [0.1, 0.15) is 90.0 Å². The molecule has 0 radical (unpaired) electrons. The van der Waals surface area contributed by atoms with Crippen LogP contribution in [0.5, 0.6) is 0 Å². The first-order chi connectivity index (χ1) is 12.6. The predicted octanol–water partition coefficient (Wildman–Crippen LogP) is 6.41. The van der Waals surface area contributed by atoms with E-state index in [1.165, 1.54) is 32.1 Å². The number of carbonyl (C=O) groups is 1. The fourth-order valence-corrected chi connectivity index (χ4v) is 3.02. The van der Waals surface area contributed by atoms with E-state index in [2.05, 4.69) is 19.2 Å². The van der Waals surface area contributed by atoms with Gasteiger partial charge in [0.15, 0.2) is 0 Å². The van der Waals surface area contributed by atoms with Crippen molar-refractivity contribution in [3.8, 4) is 0 Å². The number of nitrogens with one attached hydrogen (secondary N) is 1. The van der Waals surface area contributed by atoms with E-state index in [0.29, 0.717) is 12.1 Å². The Morgan fingerprint density at radius 1 is 0.962 bits per heavy atom. The van der Waals surface area contributed by atoms with E-state index < -0.39 is 4.92 Å². The van der Waals surface area contributed by atoms with Gasteiger partial charge in [-0.15, -0.1) is 0 Å². The van der Waals surface area contributed by atoms with Crippen LogP contribution in [-0.2, 0) is 11.2 Å². The Kier molecular flexibility index (Phi) is 11.3. The molecule has 146 valence electrons. The second-order valence-electron chi connectivity index (χ2n) is 6.99. The molecule has 0 saturated heterocycles. The lowest BCUT2D eigenvalue weighted by molar-refractivity contribution is -0.384. The van der Waals surface area contributed by atoms with Gasteiger partial charge in [-0.3, -0.25) is 14.9 Å². The van der Waals surface area contributed by atoms with E-state index in [0.717, 1.165) is 44.1 Å². The number of nitro groups is 1. The highest BCUT2D eigenvalue weighted by molar-refractivity contribution is 5.93. The molecule has 0 aliphatic heterocycles. The summed E-state index contributed by atoms with van der Waals surface area (Å²) in [5, 5.41) is 14.1. The molecule has 26 heavy (non-hydrogen) atoms. The summed E-state index contributed by atoms with van der Waals surface area (Å²) in [6.45, 7) is 4.34. The van der Waals surface area contributed by atoms with E-state index >= 15 is 0 Å². The third kappa shape index (κ3) is 8.97. The molecule has 5 nitrogen and oxygen atoms in total. The van der Waals surface area contributed by atoms with Crippen LogP contribution in [0.15, 0.2) is 18.2 Å². The van der Waals surface area contributed by atoms with Crippen LogP contribution in [0.3, 0.4) is 0 Å². The molecule has 1 aromatic rings. The van der Waals surface area contributed by atoms with Crippen molar-refractivity contribution in [2.75, 3.05) is 5.32 Å². The summed E-state index contributed by atoms with van der Waals surface area (Å²) in [5.74, 6) is -0.142. The predicted molar refractivity (Wildman–Crippen MR) is 108 cm³/mol.